The fraction of sp³-hybridized carbons (Fsp3) is 0.533. The third kappa shape index (κ3) is 4.48. The van der Waals surface area contributed by atoms with Crippen molar-refractivity contribution in [1.29, 1.82) is 0 Å². The van der Waals surface area contributed by atoms with Crippen molar-refractivity contribution in [3.63, 3.8) is 0 Å². The average Bonchev–Trinajstić information content (AvgIpc) is 2.79. The smallest absolute Gasteiger partial charge is 0.183 e. The van der Waals surface area contributed by atoms with Crippen LogP contribution in [0.1, 0.15) is 31.7 Å². The first-order valence-corrected chi connectivity index (χ1v) is 7.80. The lowest BCUT2D eigenvalue weighted by Gasteiger charge is -2.03. The van der Waals surface area contributed by atoms with Gasteiger partial charge in [0.15, 0.2) is 5.13 Å². The van der Waals surface area contributed by atoms with Crippen LogP contribution in [0, 0.1) is 6.92 Å². The van der Waals surface area contributed by atoms with Crippen molar-refractivity contribution < 1.29 is 4.74 Å². The molecule has 1 N–H and O–H groups in total. The van der Waals surface area contributed by atoms with Gasteiger partial charge in [0, 0.05) is 19.8 Å². The van der Waals surface area contributed by atoms with Crippen LogP contribution in [0.4, 0.5) is 5.13 Å². The predicted molar refractivity (Wildman–Crippen MR) is 83.2 cm³/mol. The standard InChI is InChI=1S/C15H22N2OS/c1-3-4-9-18-10-5-8-16-15-17-13-7-6-12(2)11-14(13)19-15/h6-7,11H,3-5,8-10H2,1-2H3,(H,16,17). The second-order valence-corrected chi connectivity index (χ2v) is 5.77. The number of thiazole rings is 1. The van der Waals surface area contributed by atoms with Gasteiger partial charge in [-0.1, -0.05) is 30.7 Å². The molecule has 0 spiro atoms. The van der Waals surface area contributed by atoms with Crippen LogP contribution < -0.4 is 5.32 Å². The van der Waals surface area contributed by atoms with Gasteiger partial charge in [0.05, 0.1) is 10.2 Å². The van der Waals surface area contributed by atoms with Crippen molar-refractivity contribution in [2.75, 3.05) is 25.1 Å². The summed E-state index contributed by atoms with van der Waals surface area (Å²) in [4.78, 5) is 4.57. The zero-order valence-corrected chi connectivity index (χ0v) is 12.6. The Morgan fingerprint density at radius 2 is 2.11 bits per heavy atom. The Balaban J connectivity index is 1.72. The lowest BCUT2D eigenvalue weighted by atomic mass is 10.2. The van der Waals surface area contributed by atoms with Gasteiger partial charge in [-0.15, -0.1) is 0 Å². The summed E-state index contributed by atoms with van der Waals surface area (Å²) in [6.45, 7) is 6.93. The van der Waals surface area contributed by atoms with Crippen LogP contribution in [0.2, 0.25) is 0 Å². The van der Waals surface area contributed by atoms with Gasteiger partial charge in [0.1, 0.15) is 0 Å². The van der Waals surface area contributed by atoms with Crippen LogP contribution in [-0.4, -0.2) is 24.7 Å². The second kappa shape index (κ2) is 7.46. The van der Waals surface area contributed by atoms with Crippen LogP contribution in [0.25, 0.3) is 10.2 Å². The van der Waals surface area contributed by atoms with E-state index < -0.39 is 0 Å². The molecule has 104 valence electrons. The minimum Gasteiger partial charge on any atom is -0.381 e. The molecule has 0 amide bonds. The van der Waals surface area contributed by atoms with E-state index in [1.54, 1.807) is 11.3 Å². The number of nitrogens with zero attached hydrogens (tertiary/aromatic N) is 1. The SMILES string of the molecule is CCCCOCCCNc1nc2ccc(C)cc2s1. The topological polar surface area (TPSA) is 34.1 Å². The Hall–Kier alpha value is -1.13. The first-order chi connectivity index (χ1) is 9.29. The van der Waals surface area contributed by atoms with Crippen molar-refractivity contribution in [3.8, 4) is 0 Å². The quantitative estimate of drug-likeness (QED) is 0.734. The molecule has 1 heterocycles. The zero-order chi connectivity index (χ0) is 13.5. The number of unbranched alkanes of at least 4 members (excludes halogenated alkanes) is 1. The second-order valence-electron chi connectivity index (χ2n) is 4.74. The van der Waals surface area contributed by atoms with Crippen LogP contribution in [0.5, 0.6) is 0 Å². The molecule has 0 bridgehead atoms. The van der Waals surface area contributed by atoms with Crippen molar-refractivity contribution >= 4 is 26.7 Å². The highest BCUT2D eigenvalue weighted by Crippen LogP contribution is 2.26. The van der Waals surface area contributed by atoms with Gasteiger partial charge in [-0.25, -0.2) is 4.98 Å². The Labute approximate surface area is 119 Å². The van der Waals surface area contributed by atoms with Crippen molar-refractivity contribution in [2.45, 2.75) is 33.1 Å². The molecule has 0 radical (unpaired) electrons. The molecule has 0 fully saturated rings. The molecule has 0 saturated heterocycles. The first-order valence-electron chi connectivity index (χ1n) is 6.98. The highest BCUT2D eigenvalue weighted by molar-refractivity contribution is 7.22. The lowest BCUT2D eigenvalue weighted by molar-refractivity contribution is 0.131. The molecule has 0 unspecified atom stereocenters. The van der Waals surface area contributed by atoms with Gasteiger partial charge in [0.2, 0.25) is 0 Å². The minimum absolute atomic E-state index is 0.830. The fourth-order valence-electron chi connectivity index (χ4n) is 1.83. The maximum atomic E-state index is 5.53. The van der Waals surface area contributed by atoms with Gasteiger partial charge >= 0.3 is 0 Å². The zero-order valence-electron chi connectivity index (χ0n) is 11.7. The van der Waals surface area contributed by atoms with E-state index in [0.29, 0.717) is 0 Å². The van der Waals surface area contributed by atoms with Crippen molar-refractivity contribution in [3.05, 3.63) is 23.8 Å². The Morgan fingerprint density at radius 3 is 2.95 bits per heavy atom. The van der Waals surface area contributed by atoms with Gasteiger partial charge in [-0.2, -0.15) is 0 Å². The molecule has 0 atom stereocenters. The summed E-state index contributed by atoms with van der Waals surface area (Å²) >= 11 is 1.72. The number of aromatic nitrogens is 1. The molecular weight excluding hydrogens is 256 g/mol. The predicted octanol–water partition coefficient (Wildman–Crippen LogP) is 4.22. The third-order valence-electron chi connectivity index (χ3n) is 2.93. The Bertz CT molecular complexity index is 510. The number of hydrogen-bond donors (Lipinski definition) is 1. The summed E-state index contributed by atoms with van der Waals surface area (Å²) in [5, 5.41) is 4.38. The molecule has 1 aromatic carbocycles. The number of fused-ring (bicyclic) bond motifs is 1. The first kappa shape index (κ1) is 14.3. The van der Waals surface area contributed by atoms with E-state index in [0.717, 1.165) is 43.2 Å². The van der Waals surface area contributed by atoms with E-state index in [-0.39, 0.29) is 0 Å². The van der Waals surface area contributed by atoms with Gasteiger partial charge in [0.25, 0.3) is 0 Å². The van der Waals surface area contributed by atoms with Gasteiger partial charge in [-0.3, -0.25) is 0 Å². The van der Waals surface area contributed by atoms with Crippen LogP contribution in [0.3, 0.4) is 0 Å². The Kier molecular flexibility index (Phi) is 5.61. The summed E-state index contributed by atoms with van der Waals surface area (Å²) in [7, 11) is 0. The third-order valence-corrected chi connectivity index (χ3v) is 3.90. The number of aryl methyl sites for hydroxylation is 1. The molecule has 0 aliphatic heterocycles. The summed E-state index contributed by atoms with van der Waals surface area (Å²) in [5.74, 6) is 0. The van der Waals surface area contributed by atoms with Crippen LogP contribution >= 0.6 is 11.3 Å². The van der Waals surface area contributed by atoms with E-state index >= 15 is 0 Å². The highest BCUT2D eigenvalue weighted by atomic mass is 32.1. The van der Waals surface area contributed by atoms with Crippen LogP contribution in [-0.2, 0) is 4.74 Å². The maximum Gasteiger partial charge on any atom is 0.183 e. The molecule has 0 aliphatic carbocycles. The molecule has 0 aliphatic rings. The molecule has 2 aromatic rings. The average molecular weight is 278 g/mol. The number of anilines is 1. The highest BCUT2D eigenvalue weighted by Gasteiger charge is 2.02. The normalized spacial score (nSPS) is 11.1. The van der Waals surface area contributed by atoms with Gasteiger partial charge < -0.3 is 10.1 Å². The summed E-state index contributed by atoms with van der Waals surface area (Å²) in [6, 6.07) is 6.37. The maximum absolute atomic E-state index is 5.53. The van der Waals surface area contributed by atoms with E-state index in [2.05, 4.69) is 42.3 Å². The Morgan fingerprint density at radius 1 is 1.26 bits per heavy atom. The molecule has 3 nitrogen and oxygen atoms in total. The summed E-state index contributed by atoms with van der Waals surface area (Å²) < 4.78 is 6.78. The van der Waals surface area contributed by atoms with E-state index in [1.165, 1.54) is 16.7 Å². The minimum atomic E-state index is 0.830. The summed E-state index contributed by atoms with van der Waals surface area (Å²) in [5.41, 5.74) is 2.37. The van der Waals surface area contributed by atoms with E-state index in [9.17, 15) is 0 Å². The largest absolute Gasteiger partial charge is 0.381 e. The lowest BCUT2D eigenvalue weighted by Crippen LogP contribution is -2.05. The molecule has 0 saturated carbocycles. The molecular formula is C15H22N2OS. The molecule has 1 aromatic heterocycles. The molecule has 2 rings (SSSR count). The van der Waals surface area contributed by atoms with Gasteiger partial charge in [-0.05, 0) is 37.5 Å². The monoisotopic (exact) mass is 278 g/mol. The number of ether oxygens (including phenoxy) is 1. The van der Waals surface area contributed by atoms with Crippen LogP contribution in [0.15, 0.2) is 18.2 Å². The summed E-state index contributed by atoms with van der Waals surface area (Å²) in [6.07, 6.45) is 3.38. The number of rotatable bonds is 8. The van der Waals surface area contributed by atoms with E-state index in [1.807, 2.05) is 0 Å². The molecule has 4 heteroatoms. The van der Waals surface area contributed by atoms with Crippen molar-refractivity contribution in [2.24, 2.45) is 0 Å². The van der Waals surface area contributed by atoms with Crippen molar-refractivity contribution in [1.82, 2.24) is 4.98 Å². The molecule has 19 heavy (non-hydrogen) atoms. The number of benzene rings is 1. The fourth-order valence-corrected chi connectivity index (χ4v) is 2.82. The van der Waals surface area contributed by atoms with E-state index in [4.69, 9.17) is 4.74 Å². The number of nitrogens with one attached hydrogen (secondary N) is 1. The number of hydrogen-bond acceptors (Lipinski definition) is 4.